The highest BCUT2D eigenvalue weighted by Gasteiger charge is 2.11. The van der Waals surface area contributed by atoms with Gasteiger partial charge in [0, 0.05) is 22.6 Å². The Morgan fingerprint density at radius 2 is 1.88 bits per heavy atom. The highest BCUT2D eigenvalue weighted by atomic mass is 127. The maximum absolute atomic E-state index is 10.1. The van der Waals surface area contributed by atoms with Crippen LogP contribution in [0.3, 0.4) is 0 Å². The minimum Gasteiger partial charge on any atom is -0.285 e. The molecule has 0 N–H and O–H groups in total. The Hall–Kier alpha value is -0.620. The third-order valence-electron chi connectivity index (χ3n) is 0.485. The van der Waals surface area contributed by atoms with Gasteiger partial charge in [-0.25, -0.2) is 0 Å². The predicted molar refractivity (Wildman–Crippen MR) is 33.7 cm³/mol. The molecule has 0 aromatic heterocycles. The number of rotatable bonds is 1. The average Bonchev–Trinajstić information content (AvgIpc) is 1.69. The second-order valence-electron chi connectivity index (χ2n) is 0.995. The molecule has 3 nitrogen and oxygen atoms in total. The number of carbonyl (C=O) groups is 1. The van der Waals surface area contributed by atoms with Crippen LogP contribution in [0, 0.1) is 28.6 Å². The van der Waals surface area contributed by atoms with E-state index in [0.717, 1.165) is 0 Å². The molecule has 0 aromatic carbocycles. The number of hydrogen-bond acceptors (Lipinski definition) is 3. The van der Waals surface area contributed by atoms with Gasteiger partial charge >= 0.3 is 0 Å². The fraction of sp³-hybridized carbons (Fsp3) is 0.250. The molecule has 0 aliphatic rings. The summed E-state index contributed by atoms with van der Waals surface area (Å²) in [5.41, 5.74) is 0. The number of nitriles is 2. The van der Waals surface area contributed by atoms with Gasteiger partial charge < -0.3 is 0 Å². The summed E-state index contributed by atoms with van der Waals surface area (Å²) in [7, 11) is 0. The zero-order valence-electron chi connectivity index (χ0n) is 3.76. The van der Waals surface area contributed by atoms with Gasteiger partial charge in [-0.05, 0) is 0 Å². The lowest BCUT2D eigenvalue weighted by atomic mass is 10.2. The van der Waals surface area contributed by atoms with Crippen LogP contribution in [0.1, 0.15) is 0 Å². The molecule has 0 saturated heterocycles. The molecule has 8 heavy (non-hydrogen) atoms. The smallest absolute Gasteiger partial charge is 0.223 e. The molecule has 0 fully saturated rings. The quantitative estimate of drug-likeness (QED) is 0.480. The fourth-order valence-electron chi connectivity index (χ4n) is 0.130. The Kier molecular flexibility index (Phi) is 3.13. The topological polar surface area (TPSA) is 64.7 Å². The van der Waals surface area contributed by atoms with Crippen molar-refractivity contribution in [3.8, 4) is 12.1 Å². The molecule has 0 aliphatic carbocycles. The molecule has 0 amide bonds. The van der Waals surface area contributed by atoms with Crippen molar-refractivity contribution >= 4 is 26.4 Å². The van der Waals surface area contributed by atoms with Crippen molar-refractivity contribution in [1.29, 1.82) is 10.5 Å². The first-order valence-corrected chi connectivity index (χ1v) is 2.79. The van der Waals surface area contributed by atoms with E-state index in [1.165, 1.54) is 34.7 Å². The van der Waals surface area contributed by atoms with Gasteiger partial charge in [0.25, 0.3) is 0 Å². The van der Waals surface area contributed by atoms with E-state index in [9.17, 15) is 4.79 Å². The van der Waals surface area contributed by atoms with E-state index < -0.39 is 9.71 Å². The minimum atomic E-state index is -1.09. The second-order valence-corrected chi connectivity index (χ2v) is 2.06. The van der Waals surface area contributed by atoms with E-state index >= 15 is 0 Å². The van der Waals surface area contributed by atoms with Crippen molar-refractivity contribution in [2.75, 3.05) is 0 Å². The highest BCUT2D eigenvalue weighted by molar-refractivity contribution is 14.1. The highest BCUT2D eigenvalue weighted by Crippen LogP contribution is 1.99. The molecular weight excluding hydrogens is 219 g/mol. The van der Waals surface area contributed by atoms with E-state index in [1.807, 2.05) is 0 Å². The van der Waals surface area contributed by atoms with Crippen LogP contribution in [0.15, 0.2) is 0 Å². The maximum atomic E-state index is 10.1. The molecular formula is C4HIN2O. The molecule has 0 heterocycles. The molecule has 0 unspecified atom stereocenters. The molecule has 0 rings (SSSR count). The maximum Gasteiger partial charge on any atom is 0.223 e. The third kappa shape index (κ3) is 1.90. The molecule has 0 bridgehead atoms. The summed E-state index contributed by atoms with van der Waals surface area (Å²) in [4.78, 5) is 10.1. The van der Waals surface area contributed by atoms with Gasteiger partial charge in [-0.1, -0.05) is 0 Å². The van der Waals surface area contributed by atoms with Gasteiger partial charge in [-0.3, -0.25) is 4.79 Å². The molecule has 0 atom stereocenters. The number of hydrogen-bond donors (Lipinski definition) is 0. The summed E-state index contributed by atoms with van der Waals surface area (Å²) in [6, 6.07) is 3.07. The van der Waals surface area contributed by atoms with Crippen LogP contribution in [0.25, 0.3) is 0 Å². The van der Waals surface area contributed by atoms with E-state index in [1.54, 1.807) is 0 Å². The average molecular weight is 220 g/mol. The lowest BCUT2D eigenvalue weighted by Crippen LogP contribution is -2.00. The first kappa shape index (κ1) is 7.38. The Labute approximate surface area is 60.0 Å². The molecule has 0 radical (unpaired) electrons. The van der Waals surface area contributed by atoms with Gasteiger partial charge in [0.15, 0.2) is 0 Å². The van der Waals surface area contributed by atoms with Gasteiger partial charge in [0.2, 0.25) is 9.71 Å². The summed E-state index contributed by atoms with van der Waals surface area (Å²) in [5.74, 6) is -1.09. The molecule has 40 valence electrons. The van der Waals surface area contributed by atoms with Crippen LogP contribution in [-0.2, 0) is 4.79 Å². The lowest BCUT2D eigenvalue weighted by Gasteiger charge is -1.82. The van der Waals surface area contributed by atoms with E-state index in [-0.39, 0.29) is 0 Å². The van der Waals surface area contributed by atoms with Crippen molar-refractivity contribution in [1.82, 2.24) is 0 Å². The molecule has 0 aliphatic heterocycles. The number of halogens is 1. The van der Waals surface area contributed by atoms with Crippen LogP contribution >= 0.6 is 22.6 Å². The summed E-state index contributed by atoms with van der Waals surface area (Å²) in [5, 5.41) is 16.0. The van der Waals surface area contributed by atoms with Crippen molar-refractivity contribution in [2.24, 2.45) is 5.92 Å². The second kappa shape index (κ2) is 3.39. The third-order valence-corrected chi connectivity index (χ3v) is 1.11. The van der Waals surface area contributed by atoms with Crippen LogP contribution in [-0.4, -0.2) is 3.79 Å². The zero-order chi connectivity index (χ0) is 6.57. The van der Waals surface area contributed by atoms with Crippen molar-refractivity contribution in [3.05, 3.63) is 0 Å². The molecule has 0 saturated carbocycles. The monoisotopic (exact) mass is 220 g/mol. The van der Waals surface area contributed by atoms with Gasteiger partial charge in [-0.2, -0.15) is 10.5 Å². The van der Waals surface area contributed by atoms with E-state index in [0.29, 0.717) is 0 Å². The van der Waals surface area contributed by atoms with E-state index in [2.05, 4.69) is 0 Å². The van der Waals surface area contributed by atoms with Crippen LogP contribution in [0.5, 0.6) is 0 Å². The Bertz CT molecular complexity index is 161. The summed E-state index contributed by atoms with van der Waals surface area (Å²) >= 11 is 1.42. The number of nitrogens with zero attached hydrogens (tertiary/aromatic N) is 2. The number of carbonyl (C=O) groups excluding carboxylic acids is 1. The van der Waals surface area contributed by atoms with E-state index in [4.69, 9.17) is 10.5 Å². The Balaban J connectivity index is 4.02. The zero-order valence-corrected chi connectivity index (χ0v) is 5.92. The molecule has 4 heteroatoms. The Morgan fingerprint density at radius 3 is 1.88 bits per heavy atom. The summed E-state index contributed by atoms with van der Waals surface area (Å²) < 4.78 is -0.424. The Morgan fingerprint density at radius 1 is 1.50 bits per heavy atom. The van der Waals surface area contributed by atoms with Crippen molar-refractivity contribution in [3.63, 3.8) is 0 Å². The van der Waals surface area contributed by atoms with Gasteiger partial charge in [-0.15, -0.1) is 0 Å². The standard InChI is InChI=1S/C4HIN2O/c5-4(8)3(1-6)2-7/h3H. The fourth-order valence-corrected chi connectivity index (χ4v) is 0.409. The van der Waals surface area contributed by atoms with Crippen LogP contribution in [0.4, 0.5) is 0 Å². The lowest BCUT2D eigenvalue weighted by molar-refractivity contribution is -0.110. The minimum absolute atomic E-state index is 0.424. The van der Waals surface area contributed by atoms with Crippen molar-refractivity contribution < 1.29 is 4.79 Å². The van der Waals surface area contributed by atoms with Crippen LogP contribution in [0.2, 0.25) is 0 Å². The van der Waals surface area contributed by atoms with Crippen LogP contribution < -0.4 is 0 Å². The summed E-state index contributed by atoms with van der Waals surface area (Å²) in [6.07, 6.45) is 0. The first-order valence-electron chi connectivity index (χ1n) is 1.71. The SMILES string of the molecule is N#CC(C#N)C(=O)I. The first-order chi connectivity index (χ1) is 3.72. The summed E-state index contributed by atoms with van der Waals surface area (Å²) in [6.45, 7) is 0. The molecule has 0 aromatic rings. The normalized spacial score (nSPS) is 7.50. The largest absolute Gasteiger partial charge is 0.285 e. The molecule has 0 spiro atoms. The van der Waals surface area contributed by atoms with Gasteiger partial charge in [0.05, 0.1) is 12.1 Å². The van der Waals surface area contributed by atoms with Crippen molar-refractivity contribution in [2.45, 2.75) is 0 Å². The predicted octanol–water partition coefficient (Wildman–Crippen LogP) is 0.611. The van der Waals surface area contributed by atoms with Gasteiger partial charge in [0.1, 0.15) is 0 Å².